The molecule has 0 amide bonds. The zero-order valence-corrected chi connectivity index (χ0v) is 8.30. The summed E-state index contributed by atoms with van der Waals surface area (Å²) in [7, 11) is 0. The third-order valence-electron chi connectivity index (χ3n) is 3.46. The molecule has 0 spiro atoms. The minimum atomic E-state index is 0.478. The van der Waals surface area contributed by atoms with Crippen LogP contribution in [-0.4, -0.2) is 9.97 Å². The van der Waals surface area contributed by atoms with Crippen LogP contribution in [0, 0.1) is 23.2 Å². The molecule has 3 rings (SSSR count). The van der Waals surface area contributed by atoms with E-state index in [0.717, 1.165) is 11.6 Å². The van der Waals surface area contributed by atoms with Crippen LogP contribution in [0.25, 0.3) is 0 Å². The lowest BCUT2D eigenvalue weighted by atomic mass is 9.90. The summed E-state index contributed by atoms with van der Waals surface area (Å²) in [6, 6.07) is 3.90. The largest absolute Gasteiger partial charge is 0.241 e. The summed E-state index contributed by atoms with van der Waals surface area (Å²) in [5, 5.41) is 8.78. The highest BCUT2D eigenvalue weighted by Crippen LogP contribution is 2.48. The third kappa shape index (κ3) is 1.33. The maximum absolute atomic E-state index is 8.78. The molecule has 15 heavy (non-hydrogen) atoms. The molecule has 3 nitrogen and oxygen atoms in total. The fourth-order valence-corrected chi connectivity index (χ4v) is 2.76. The van der Waals surface area contributed by atoms with Crippen molar-refractivity contribution in [3.8, 4) is 6.07 Å². The topological polar surface area (TPSA) is 49.6 Å². The molecular weight excluding hydrogens is 186 g/mol. The van der Waals surface area contributed by atoms with Crippen molar-refractivity contribution >= 4 is 0 Å². The molecule has 3 heteroatoms. The summed E-state index contributed by atoms with van der Waals surface area (Å²) in [4.78, 5) is 8.19. The van der Waals surface area contributed by atoms with Crippen LogP contribution >= 0.6 is 0 Å². The van der Waals surface area contributed by atoms with E-state index in [9.17, 15) is 0 Å². The van der Waals surface area contributed by atoms with E-state index < -0.39 is 0 Å². The first kappa shape index (κ1) is 8.60. The fraction of sp³-hybridized carbons (Fsp3) is 0.417. The molecule has 0 saturated heterocycles. The molecule has 2 aliphatic rings. The number of aromatic nitrogens is 2. The van der Waals surface area contributed by atoms with Crippen LogP contribution in [0.3, 0.4) is 0 Å². The van der Waals surface area contributed by atoms with Gasteiger partial charge in [0.1, 0.15) is 18.1 Å². The second-order valence-corrected chi connectivity index (χ2v) is 4.33. The van der Waals surface area contributed by atoms with Crippen LogP contribution < -0.4 is 0 Å². The van der Waals surface area contributed by atoms with Crippen LogP contribution in [0.1, 0.15) is 30.1 Å². The Labute approximate surface area is 88.5 Å². The molecule has 1 fully saturated rings. The summed E-state index contributed by atoms with van der Waals surface area (Å²) in [5.74, 6) is 1.88. The summed E-state index contributed by atoms with van der Waals surface area (Å²) < 4.78 is 0. The number of hydrogen-bond donors (Lipinski definition) is 0. The number of rotatable bonds is 1. The zero-order valence-electron chi connectivity index (χ0n) is 8.30. The Morgan fingerprint density at radius 1 is 1.27 bits per heavy atom. The number of hydrogen-bond acceptors (Lipinski definition) is 3. The van der Waals surface area contributed by atoms with Crippen LogP contribution in [0.2, 0.25) is 0 Å². The highest BCUT2D eigenvalue weighted by molar-refractivity contribution is 5.27. The van der Waals surface area contributed by atoms with Gasteiger partial charge >= 0.3 is 0 Å². The standard InChI is InChI=1S/C12H11N3/c13-6-10-5-12(15-7-14-10)11-4-8-1-2-9(11)3-8/h1-2,5,7-9,11H,3-4H2/t8-,9-,11-/m0/s1. The second-order valence-electron chi connectivity index (χ2n) is 4.33. The molecule has 1 saturated carbocycles. The van der Waals surface area contributed by atoms with Gasteiger partial charge in [-0.2, -0.15) is 5.26 Å². The van der Waals surface area contributed by atoms with Gasteiger partial charge in [0.05, 0.1) is 0 Å². The number of allylic oxidation sites excluding steroid dienone is 2. The lowest BCUT2D eigenvalue weighted by Crippen LogP contribution is -2.07. The summed E-state index contributed by atoms with van der Waals surface area (Å²) in [5.41, 5.74) is 1.52. The average Bonchev–Trinajstić information content (AvgIpc) is 2.91. The predicted octanol–water partition coefficient (Wildman–Crippen LogP) is 2.03. The Bertz CT molecular complexity index is 458. The van der Waals surface area contributed by atoms with Gasteiger partial charge in [0.25, 0.3) is 0 Å². The minimum absolute atomic E-state index is 0.478. The molecule has 1 aromatic heterocycles. The molecule has 1 heterocycles. The maximum atomic E-state index is 8.78. The van der Waals surface area contributed by atoms with E-state index in [-0.39, 0.29) is 0 Å². The highest BCUT2D eigenvalue weighted by atomic mass is 14.8. The molecule has 2 aliphatic carbocycles. The highest BCUT2D eigenvalue weighted by Gasteiger charge is 2.37. The van der Waals surface area contributed by atoms with E-state index in [4.69, 9.17) is 5.26 Å². The average molecular weight is 197 g/mol. The molecule has 0 aliphatic heterocycles. The van der Waals surface area contributed by atoms with Gasteiger partial charge in [0.2, 0.25) is 0 Å². The van der Waals surface area contributed by atoms with Gasteiger partial charge in [-0.25, -0.2) is 9.97 Å². The zero-order chi connectivity index (χ0) is 10.3. The normalized spacial score (nSPS) is 31.8. The van der Waals surface area contributed by atoms with Crippen LogP contribution in [0.5, 0.6) is 0 Å². The van der Waals surface area contributed by atoms with Gasteiger partial charge in [-0.15, -0.1) is 0 Å². The van der Waals surface area contributed by atoms with Crippen LogP contribution in [0.4, 0.5) is 0 Å². The van der Waals surface area contributed by atoms with Gasteiger partial charge in [-0.1, -0.05) is 12.2 Å². The van der Waals surface area contributed by atoms with Crippen molar-refractivity contribution in [3.05, 3.63) is 35.9 Å². The first-order valence-electron chi connectivity index (χ1n) is 5.27. The fourth-order valence-electron chi connectivity index (χ4n) is 2.76. The van der Waals surface area contributed by atoms with Gasteiger partial charge < -0.3 is 0 Å². The van der Waals surface area contributed by atoms with Crippen LogP contribution in [-0.2, 0) is 0 Å². The van der Waals surface area contributed by atoms with Gasteiger partial charge in [0.15, 0.2) is 0 Å². The van der Waals surface area contributed by atoms with Crippen molar-refractivity contribution in [2.24, 2.45) is 11.8 Å². The van der Waals surface area contributed by atoms with Crippen molar-refractivity contribution in [2.75, 3.05) is 0 Å². The van der Waals surface area contributed by atoms with E-state index in [0.29, 0.717) is 17.5 Å². The third-order valence-corrected chi connectivity index (χ3v) is 3.46. The van der Waals surface area contributed by atoms with Crippen molar-refractivity contribution in [2.45, 2.75) is 18.8 Å². The molecule has 0 radical (unpaired) electrons. The molecular formula is C12H11N3. The summed E-state index contributed by atoms with van der Waals surface area (Å²) >= 11 is 0. The molecule has 3 atom stereocenters. The van der Waals surface area contributed by atoms with Crippen molar-refractivity contribution in [1.29, 1.82) is 5.26 Å². The predicted molar refractivity (Wildman–Crippen MR) is 54.8 cm³/mol. The van der Waals surface area contributed by atoms with Gasteiger partial charge in [-0.3, -0.25) is 0 Å². The second kappa shape index (κ2) is 3.16. The molecule has 0 N–H and O–H groups in total. The lowest BCUT2D eigenvalue weighted by Gasteiger charge is -2.16. The molecule has 0 unspecified atom stereocenters. The van der Waals surface area contributed by atoms with Gasteiger partial charge in [0, 0.05) is 11.6 Å². The Morgan fingerprint density at radius 3 is 2.87 bits per heavy atom. The number of fused-ring (bicyclic) bond motifs is 2. The van der Waals surface area contributed by atoms with Crippen molar-refractivity contribution < 1.29 is 0 Å². The molecule has 74 valence electrons. The smallest absolute Gasteiger partial charge is 0.144 e. The van der Waals surface area contributed by atoms with Gasteiger partial charge in [-0.05, 0) is 30.7 Å². The summed E-state index contributed by atoms with van der Waals surface area (Å²) in [6.45, 7) is 0. The van der Waals surface area contributed by atoms with E-state index in [1.54, 1.807) is 0 Å². The molecule has 2 bridgehead atoms. The maximum Gasteiger partial charge on any atom is 0.144 e. The van der Waals surface area contributed by atoms with Crippen molar-refractivity contribution in [1.82, 2.24) is 9.97 Å². The molecule has 0 aromatic carbocycles. The lowest BCUT2D eigenvalue weighted by molar-refractivity contribution is 0.568. The van der Waals surface area contributed by atoms with E-state index >= 15 is 0 Å². The van der Waals surface area contributed by atoms with E-state index in [1.807, 2.05) is 6.07 Å². The molecule has 1 aromatic rings. The van der Waals surface area contributed by atoms with E-state index in [1.165, 1.54) is 19.2 Å². The first-order valence-corrected chi connectivity index (χ1v) is 5.27. The number of nitriles is 1. The Hall–Kier alpha value is -1.69. The van der Waals surface area contributed by atoms with Crippen LogP contribution in [0.15, 0.2) is 24.5 Å². The summed E-state index contributed by atoms with van der Waals surface area (Å²) in [6.07, 6.45) is 8.56. The van der Waals surface area contributed by atoms with E-state index in [2.05, 4.69) is 28.2 Å². The van der Waals surface area contributed by atoms with Crippen molar-refractivity contribution in [3.63, 3.8) is 0 Å². The Kier molecular flexibility index (Phi) is 1.81. The minimum Gasteiger partial charge on any atom is -0.241 e. The Morgan fingerprint density at radius 2 is 2.20 bits per heavy atom. The Balaban J connectivity index is 1.94. The number of nitrogens with zero attached hydrogens (tertiary/aromatic N) is 3. The SMILES string of the molecule is N#Cc1cc([C@H]2C[C@H]3C=C[C@H]2C3)ncn1. The quantitative estimate of drug-likeness (QED) is 0.647. The first-order chi connectivity index (χ1) is 7.36. The monoisotopic (exact) mass is 197 g/mol.